The molecule has 0 bridgehead atoms. The van der Waals surface area contributed by atoms with Gasteiger partial charge in [-0.05, 0) is 35.4 Å². The first-order valence-electron chi connectivity index (χ1n) is 6.83. The van der Waals surface area contributed by atoms with Gasteiger partial charge in [-0.25, -0.2) is 4.39 Å². The summed E-state index contributed by atoms with van der Waals surface area (Å²) in [6.45, 7) is 0. The maximum atomic E-state index is 13.8. The van der Waals surface area contributed by atoms with E-state index in [4.69, 9.17) is 0 Å². The second kappa shape index (κ2) is 5.99. The normalized spacial score (nSPS) is 12.3. The third-order valence-electron chi connectivity index (χ3n) is 3.36. The molecule has 9 heteroatoms. The van der Waals surface area contributed by atoms with Crippen LogP contribution in [0.5, 0.6) is 5.75 Å². The van der Waals surface area contributed by atoms with Crippen molar-refractivity contribution >= 4 is 21.0 Å². The SMILES string of the molecule is O=S(=O)(Oc1cccc(-c2ccnc3c(F)cccc23)c1)C(F)(F)F. The highest BCUT2D eigenvalue weighted by molar-refractivity contribution is 7.88. The van der Waals surface area contributed by atoms with Gasteiger partial charge >= 0.3 is 15.6 Å². The predicted octanol–water partition coefficient (Wildman–Crippen LogP) is 4.27. The predicted molar refractivity (Wildman–Crippen MR) is 82.7 cm³/mol. The van der Waals surface area contributed by atoms with Gasteiger partial charge in [0.15, 0.2) is 0 Å². The van der Waals surface area contributed by atoms with Crippen molar-refractivity contribution in [3.05, 3.63) is 60.5 Å². The number of pyridine rings is 1. The molecule has 0 aliphatic carbocycles. The average molecular weight is 371 g/mol. The minimum atomic E-state index is -5.77. The van der Waals surface area contributed by atoms with E-state index in [0.717, 1.165) is 12.1 Å². The molecule has 0 saturated heterocycles. The van der Waals surface area contributed by atoms with Gasteiger partial charge in [-0.15, -0.1) is 0 Å². The van der Waals surface area contributed by atoms with E-state index in [-0.39, 0.29) is 5.52 Å². The van der Waals surface area contributed by atoms with Gasteiger partial charge < -0.3 is 4.18 Å². The smallest absolute Gasteiger partial charge is 0.376 e. The lowest BCUT2D eigenvalue weighted by Gasteiger charge is -2.11. The van der Waals surface area contributed by atoms with Crippen LogP contribution in [0, 0.1) is 5.82 Å². The number of nitrogens with zero attached hydrogens (tertiary/aromatic N) is 1. The number of alkyl halides is 3. The van der Waals surface area contributed by atoms with Crippen LogP contribution in [0.2, 0.25) is 0 Å². The summed E-state index contributed by atoms with van der Waals surface area (Å²) in [5.74, 6) is -1.05. The van der Waals surface area contributed by atoms with Crippen molar-refractivity contribution < 1.29 is 30.2 Å². The van der Waals surface area contributed by atoms with Crippen molar-refractivity contribution in [1.29, 1.82) is 0 Å². The Bertz CT molecular complexity index is 1050. The number of hydrogen-bond donors (Lipinski definition) is 0. The van der Waals surface area contributed by atoms with Gasteiger partial charge in [-0.2, -0.15) is 21.6 Å². The highest BCUT2D eigenvalue weighted by Gasteiger charge is 2.48. The molecule has 3 aromatic rings. The summed E-state index contributed by atoms with van der Waals surface area (Å²) in [4.78, 5) is 3.93. The van der Waals surface area contributed by atoms with Crippen molar-refractivity contribution in [2.45, 2.75) is 5.51 Å². The highest BCUT2D eigenvalue weighted by Crippen LogP contribution is 2.32. The zero-order valence-corrected chi connectivity index (χ0v) is 13.1. The second-order valence-electron chi connectivity index (χ2n) is 5.01. The molecule has 2 aromatic carbocycles. The van der Waals surface area contributed by atoms with Crippen molar-refractivity contribution in [2.75, 3.05) is 0 Å². The van der Waals surface area contributed by atoms with Gasteiger partial charge in [-0.1, -0.05) is 24.3 Å². The molecule has 1 heterocycles. The fourth-order valence-electron chi connectivity index (χ4n) is 2.28. The zero-order chi connectivity index (χ0) is 18.2. The molecule has 4 nitrogen and oxygen atoms in total. The number of rotatable bonds is 3. The highest BCUT2D eigenvalue weighted by atomic mass is 32.2. The number of halogens is 4. The van der Waals surface area contributed by atoms with Crippen molar-refractivity contribution in [2.24, 2.45) is 0 Å². The van der Waals surface area contributed by atoms with Crippen LogP contribution in [0.3, 0.4) is 0 Å². The van der Waals surface area contributed by atoms with Gasteiger partial charge in [-0.3, -0.25) is 4.98 Å². The van der Waals surface area contributed by atoms with E-state index in [9.17, 15) is 26.0 Å². The summed E-state index contributed by atoms with van der Waals surface area (Å²) in [7, 11) is -5.77. The van der Waals surface area contributed by atoms with Gasteiger partial charge in [0.05, 0.1) is 0 Å². The standard InChI is InChI=1S/C16H9F4NO3S/c17-14-6-2-5-13-12(7-8-21-15(13)14)10-3-1-4-11(9-10)24-25(22,23)16(18,19)20/h1-9H. The first-order chi connectivity index (χ1) is 11.7. The second-order valence-corrected chi connectivity index (χ2v) is 6.54. The average Bonchev–Trinajstić information content (AvgIpc) is 2.53. The van der Waals surface area contributed by atoms with E-state index in [0.29, 0.717) is 16.5 Å². The monoisotopic (exact) mass is 371 g/mol. The van der Waals surface area contributed by atoms with Crippen molar-refractivity contribution in [3.63, 3.8) is 0 Å². The van der Waals surface area contributed by atoms with Crippen LogP contribution < -0.4 is 4.18 Å². The molecule has 0 saturated carbocycles. The Morgan fingerprint density at radius 3 is 2.44 bits per heavy atom. The lowest BCUT2D eigenvalue weighted by molar-refractivity contribution is -0.0500. The number of benzene rings is 2. The van der Waals surface area contributed by atoms with Gasteiger partial charge in [0, 0.05) is 11.6 Å². The minimum Gasteiger partial charge on any atom is -0.376 e. The maximum Gasteiger partial charge on any atom is 0.534 e. The number of hydrogen-bond acceptors (Lipinski definition) is 4. The van der Waals surface area contributed by atoms with Gasteiger partial charge in [0.25, 0.3) is 0 Å². The third-order valence-corrected chi connectivity index (χ3v) is 4.34. The Morgan fingerprint density at radius 1 is 1.00 bits per heavy atom. The molecule has 0 amide bonds. The molecule has 0 aliphatic heterocycles. The van der Waals surface area contributed by atoms with E-state index in [2.05, 4.69) is 9.17 Å². The lowest BCUT2D eigenvalue weighted by atomic mass is 10.0. The van der Waals surface area contributed by atoms with Crippen LogP contribution in [0.15, 0.2) is 54.7 Å². The molecular weight excluding hydrogens is 362 g/mol. The van der Waals surface area contributed by atoms with E-state index in [1.807, 2.05) is 0 Å². The first kappa shape index (κ1) is 17.2. The Labute approximate surface area is 139 Å². The van der Waals surface area contributed by atoms with Gasteiger partial charge in [0.1, 0.15) is 17.1 Å². The molecule has 0 atom stereocenters. The number of para-hydroxylation sites is 1. The molecule has 0 fully saturated rings. The molecular formula is C16H9F4NO3S. The summed E-state index contributed by atoms with van der Waals surface area (Å²) in [6, 6.07) is 10.9. The van der Waals surface area contributed by atoms with Crippen LogP contribution in [0.4, 0.5) is 17.6 Å². The summed E-state index contributed by atoms with van der Waals surface area (Å²) in [5, 5.41) is 0.429. The molecule has 0 unspecified atom stereocenters. The topological polar surface area (TPSA) is 56.3 Å². The Kier molecular flexibility index (Phi) is 4.11. The Morgan fingerprint density at radius 2 is 1.72 bits per heavy atom. The van der Waals surface area contributed by atoms with Crippen LogP contribution in [0.1, 0.15) is 0 Å². The van der Waals surface area contributed by atoms with Gasteiger partial charge in [0.2, 0.25) is 0 Å². The van der Waals surface area contributed by atoms with Crippen LogP contribution >= 0.6 is 0 Å². The van der Waals surface area contributed by atoms with Crippen LogP contribution in [-0.4, -0.2) is 18.9 Å². The van der Waals surface area contributed by atoms with E-state index in [1.54, 1.807) is 12.1 Å². The Balaban J connectivity index is 2.08. The first-order valence-corrected chi connectivity index (χ1v) is 8.24. The van der Waals surface area contributed by atoms with Crippen LogP contribution in [-0.2, 0) is 10.1 Å². The number of fused-ring (bicyclic) bond motifs is 1. The molecule has 0 aliphatic rings. The summed E-state index contributed by atoms with van der Waals surface area (Å²) in [6.07, 6.45) is 1.35. The lowest BCUT2D eigenvalue weighted by Crippen LogP contribution is -2.28. The molecule has 25 heavy (non-hydrogen) atoms. The minimum absolute atomic E-state index is 0.0919. The molecule has 1 aromatic heterocycles. The molecule has 3 rings (SSSR count). The zero-order valence-electron chi connectivity index (χ0n) is 12.3. The van der Waals surface area contributed by atoms with Crippen LogP contribution in [0.25, 0.3) is 22.0 Å². The maximum absolute atomic E-state index is 13.8. The largest absolute Gasteiger partial charge is 0.534 e. The third kappa shape index (κ3) is 3.27. The fourth-order valence-corrected chi connectivity index (χ4v) is 2.73. The van der Waals surface area contributed by atoms with E-state index < -0.39 is 27.2 Å². The quantitative estimate of drug-likeness (QED) is 0.392. The molecule has 0 radical (unpaired) electrons. The molecule has 130 valence electrons. The van der Waals surface area contributed by atoms with Crippen molar-refractivity contribution in [3.8, 4) is 16.9 Å². The Hall–Kier alpha value is -2.68. The summed E-state index contributed by atoms with van der Waals surface area (Å²) >= 11 is 0. The summed E-state index contributed by atoms with van der Waals surface area (Å²) in [5.41, 5.74) is -4.61. The van der Waals surface area contributed by atoms with E-state index in [1.165, 1.54) is 30.5 Å². The number of aromatic nitrogens is 1. The fraction of sp³-hybridized carbons (Fsp3) is 0.0625. The van der Waals surface area contributed by atoms with E-state index >= 15 is 0 Å². The molecule has 0 spiro atoms. The summed E-state index contributed by atoms with van der Waals surface area (Å²) < 4.78 is 77.5. The molecule has 0 N–H and O–H groups in total. The van der Waals surface area contributed by atoms with Crippen molar-refractivity contribution in [1.82, 2.24) is 4.98 Å².